The summed E-state index contributed by atoms with van der Waals surface area (Å²) in [5.74, 6) is 0.633. The number of sulfonamides is 1. The Morgan fingerprint density at radius 3 is 2.85 bits per heavy atom. The summed E-state index contributed by atoms with van der Waals surface area (Å²) in [6.45, 7) is 0.711. The topological polar surface area (TPSA) is 97.1 Å². The fraction of sp³-hybridized carbons (Fsp3) is 0.500. The van der Waals surface area contributed by atoms with E-state index in [9.17, 15) is 8.42 Å². The quantitative estimate of drug-likeness (QED) is 0.511. The Bertz CT molecular complexity index is 629. The molecule has 0 atom stereocenters. The largest absolute Gasteiger partial charge is 0.389 e. The third-order valence-electron chi connectivity index (χ3n) is 3.10. The molecule has 0 fully saturated rings. The first kappa shape index (κ1) is 15.1. The lowest BCUT2D eigenvalue weighted by Gasteiger charge is -2.12. The van der Waals surface area contributed by atoms with Crippen molar-refractivity contribution in [2.45, 2.75) is 19.3 Å². The smallest absolute Gasteiger partial charge is 0.208 e. The lowest BCUT2D eigenvalue weighted by molar-refractivity contribution is 0.589. The number of aryl methyl sites for hydroxylation is 2. The number of pyridine rings is 1. The first-order valence-electron chi connectivity index (χ1n) is 6.38. The van der Waals surface area contributed by atoms with E-state index in [1.165, 1.54) is 5.56 Å². The highest BCUT2D eigenvalue weighted by Crippen LogP contribution is 2.25. The second kappa shape index (κ2) is 6.02. The van der Waals surface area contributed by atoms with Gasteiger partial charge in [-0.3, -0.25) is 0 Å². The number of nitrogens with zero attached hydrogens (tertiary/aromatic N) is 1. The van der Waals surface area contributed by atoms with Gasteiger partial charge >= 0.3 is 0 Å². The molecular formula is C12H18N4O2S2. The van der Waals surface area contributed by atoms with Crippen LogP contribution in [0.25, 0.3) is 0 Å². The summed E-state index contributed by atoms with van der Waals surface area (Å²) >= 11 is 5.05. The normalized spacial score (nSPS) is 14.1. The van der Waals surface area contributed by atoms with Crippen molar-refractivity contribution in [3.8, 4) is 0 Å². The van der Waals surface area contributed by atoms with Crippen LogP contribution in [0.1, 0.15) is 23.2 Å². The highest BCUT2D eigenvalue weighted by Gasteiger charge is 2.17. The molecule has 0 saturated carbocycles. The molecule has 1 aliphatic carbocycles. The van der Waals surface area contributed by atoms with E-state index in [1.54, 1.807) is 0 Å². The van der Waals surface area contributed by atoms with Gasteiger partial charge in [0.2, 0.25) is 10.0 Å². The summed E-state index contributed by atoms with van der Waals surface area (Å²) in [7, 11) is -3.18. The van der Waals surface area contributed by atoms with Crippen molar-refractivity contribution in [3.63, 3.8) is 0 Å². The van der Waals surface area contributed by atoms with E-state index >= 15 is 0 Å². The fourth-order valence-electron chi connectivity index (χ4n) is 2.21. The first-order valence-corrected chi connectivity index (χ1v) is 8.68. The van der Waals surface area contributed by atoms with Gasteiger partial charge in [-0.1, -0.05) is 12.2 Å². The molecule has 0 aromatic carbocycles. The van der Waals surface area contributed by atoms with Crippen LogP contribution in [0.3, 0.4) is 0 Å². The fourth-order valence-corrected chi connectivity index (χ4v) is 2.84. The zero-order valence-electron chi connectivity index (χ0n) is 11.3. The number of fused-ring (bicyclic) bond motifs is 1. The highest BCUT2D eigenvalue weighted by atomic mass is 32.2. The van der Waals surface area contributed by atoms with Crippen molar-refractivity contribution in [1.82, 2.24) is 9.71 Å². The second-order valence-corrected chi connectivity index (χ2v) is 7.07. The maximum atomic E-state index is 11.0. The number of hydrogen-bond acceptors (Lipinski definition) is 5. The number of nitrogens with two attached hydrogens (primary N) is 1. The molecule has 2 rings (SSSR count). The first-order chi connectivity index (χ1) is 9.37. The maximum Gasteiger partial charge on any atom is 0.208 e. The second-order valence-electron chi connectivity index (χ2n) is 4.80. The number of aromatic nitrogens is 1. The van der Waals surface area contributed by atoms with Gasteiger partial charge in [0.25, 0.3) is 0 Å². The monoisotopic (exact) mass is 314 g/mol. The van der Waals surface area contributed by atoms with Crippen LogP contribution in [0.2, 0.25) is 0 Å². The molecule has 0 amide bonds. The zero-order chi connectivity index (χ0) is 14.8. The number of nitrogens with one attached hydrogen (secondary N) is 2. The Labute approximate surface area is 124 Å². The van der Waals surface area contributed by atoms with Gasteiger partial charge in [0.05, 0.1) is 11.8 Å². The van der Waals surface area contributed by atoms with E-state index < -0.39 is 10.0 Å². The molecule has 110 valence electrons. The average Bonchev–Trinajstić information content (AvgIpc) is 2.79. The Balaban J connectivity index is 2.08. The molecular weight excluding hydrogens is 296 g/mol. The third kappa shape index (κ3) is 3.87. The minimum atomic E-state index is -3.18. The minimum absolute atomic E-state index is 0.286. The van der Waals surface area contributed by atoms with Crippen LogP contribution in [0.15, 0.2) is 6.07 Å². The Hall–Kier alpha value is -1.25. The standard InChI is InChI=1S/C12H18N4O2S2/c1-20(17,18)15-6-5-14-12-9(11(13)19)7-8-3-2-4-10(8)16-12/h7,15H,2-6H2,1H3,(H2,13,19)(H,14,16). The molecule has 0 bridgehead atoms. The summed E-state index contributed by atoms with van der Waals surface area (Å²) in [6.07, 6.45) is 4.19. The van der Waals surface area contributed by atoms with E-state index in [1.807, 2.05) is 6.07 Å². The van der Waals surface area contributed by atoms with Gasteiger partial charge in [-0.2, -0.15) is 0 Å². The summed E-state index contributed by atoms with van der Waals surface area (Å²) in [4.78, 5) is 4.85. The van der Waals surface area contributed by atoms with Crippen LogP contribution in [-0.4, -0.2) is 37.7 Å². The van der Waals surface area contributed by atoms with Gasteiger partial charge in [-0.15, -0.1) is 0 Å². The van der Waals surface area contributed by atoms with Crippen molar-refractivity contribution >= 4 is 33.0 Å². The van der Waals surface area contributed by atoms with Gasteiger partial charge < -0.3 is 11.1 Å². The molecule has 20 heavy (non-hydrogen) atoms. The Morgan fingerprint density at radius 2 is 2.20 bits per heavy atom. The zero-order valence-corrected chi connectivity index (χ0v) is 12.9. The van der Waals surface area contributed by atoms with Crippen LogP contribution in [-0.2, 0) is 22.9 Å². The summed E-state index contributed by atoms with van der Waals surface area (Å²) in [5, 5.41) is 3.09. The lowest BCUT2D eigenvalue weighted by Crippen LogP contribution is -2.28. The van der Waals surface area contributed by atoms with E-state index in [0.717, 1.165) is 36.8 Å². The molecule has 0 radical (unpaired) electrons. The van der Waals surface area contributed by atoms with Gasteiger partial charge in [-0.25, -0.2) is 18.1 Å². The molecule has 6 nitrogen and oxygen atoms in total. The van der Waals surface area contributed by atoms with E-state index in [0.29, 0.717) is 17.4 Å². The molecule has 0 aliphatic heterocycles. The molecule has 0 unspecified atom stereocenters. The Morgan fingerprint density at radius 1 is 1.45 bits per heavy atom. The van der Waals surface area contributed by atoms with Crippen molar-refractivity contribution in [2.75, 3.05) is 24.7 Å². The van der Waals surface area contributed by atoms with Crippen LogP contribution in [0, 0.1) is 0 Å². The molecule has 0 saturated heterocycles. The van der Waals surface area contributed by atoms with Crippen molar-refractivity contribution in [2.24, 2.45) is 5.73 Å². The molecule has 1 aromatic heterocycles. The van der Waals surface area contributed by atoms with Crippen molar-refractivity contribution < 1.29 is 8.42 Å². The predicted octanol–water partition coefficient (Wildman–Crippen LogP) is 0.166. The lowest BCUT2D eigenvalue weighted by atomic mass is 10.1. The summed E-state index contributed by atoms with van der Waals surface area (Å²) in [5.41, 5.74) is 8.72. The number of rotatable bonds is 6. The predicted molar refractivity (Wildman–Crippen MR) is 83.5 cm³/mol. The third-order valence-corrected chi connectivity index (χ3v) is 4.05. The molecule has 1 aliphatic rings. The van der Waals surface area contributed by atoms with E-state index in [2.05, 4.69) is 15.0 Å². The van der Waals surface area contributed by atoms with E-state index in [4.69, 9.17) is 18.0 Å². The van der Waals surface area contributed by atoms with Gasteiger partial charge in [0.1, 0.15) is 10.8 Å². The van der Waals surface area contributed by atoms with Gasteiger partial charge in [0, 0.05) is 18.8 Å². The minimum Gasteiger partial charge on any atom is -0.389 e. The molecule has 8 heteroatoms. The molecule has 4 N–H and O–H groups in total. The highest BCUT2D eigenvalue weighted by molar-refractivity contribution is 7.88. The van der Waals surface area contributed by atoms with Crippen LogP contribution in [0.4, 0.5) is 5.82 Å². The average molecular weight is 314 g/mol. The van der Waals surface area contributed by atoms with Crippen LogP contribution < -0.4 is 15.8 Å². The maximum absolute atomic E-state index is 11.0. The van der Waals surface area contributed by atoms with E-state index in [-0.39, 0.29) is 6.54 Å². The van der Waals surface area contributed by atoms with Gasteiger partial charge in [-0.05, 0) is 30.9 Å². The Kier molecular flexibility index (Phi) is 4.56. The van der Waals surface area contributed by atoms with Crippen molar-refractivity contribution in [3.05, 3.63) is 22.9 Å². The molecule has 1 aromatic rings. The van der Waals surface area contributed by atoms with Crippen molar-refractivity contribution in [1.29, 1.82) is 0 Å². The van der Waals surface area contributed by atoms with Crippen LogP contribution >= 0.6 is 12.2 Å². The summed E-state index contributed by atoms with van der Waals surface area (Å²) < 4.78 is 24.4. The number of thiocarbonyl (C=S) groups is 1. The number of anilines is 1. The summed E-state index contributed by atoms with van der Waals surface area (Å²) in [6, 6.07) is 1.99. The van der Waals surface area contributed by atoms with Crippen LogP contribution in [0.5, 0.6) is 0 Å². The molecule has 0 spiro atoms. The molecule has 1 heterocycles. The SMILES string of the molecule is CS(=O)(=O)NCCNc1nc2c(cc1C(N)=S)CCC2. The van der Waals surface area contributed by atoms with Gasteiger partial charge in [0.15, 0.2) is 0 Å². The number of hydrogen-bond donors (Lipinski definition) is 3.